The summed E-state index contributed by atoms with van der Waals surface area (Å²) >= 11 is 5.98. The van der Waals surface area contributed by atoms with E-state index in [2.05, 4.69) is 10.4 Å². The van der Waals surface area contributed by atoms with Crippen LogP contribution >= 0.6 is 11.6 Å². The highest BCUT2D eigenvalue weighted by atomic mass is 35.5. The maximum absolute atomic E-state index is 12.9. The number of nitrogens with zero attached hydrogens (tertiary/aromatic N) is 3. The average molecular weight is 521 g/mol. The van der Waals surface area contributed by atoms with Gasteiger partial charge in [-0.25, -0.2) is 0 Å². The average Bonchev–Trinajstić information content (AvgIpc) is 3.47. The van der Waals surface area contributed by atoms with Gasteiger partial charge in [0.15, 0.2) is 5.76 Å². The van der Waals surface area contributed by atoms with Crippen LogP contribution in [0.4, 0.5) is 24.5 Å². The SMILES string of the molecule is O=C(Nc1cnn(Cc2cccc(C(F)(F)F)c2)c1)c1ccc(COc2ccc([N+](=O)[O-])cc2Cl)o1. The minimum atomic E-state index is -4.44. The van der Waals surface area contributed by atoms with Crippen molar-refractivity contribution >= 4 is 28.9 Å². The third kappa shape index (κ3) is 6.02. The summed E-state index contributed by atoms with van der Waals surface area (Å²) in [6.07, 6.45) is -1.61. The predicted octanol–water partition coefficient (Wildman–Crippen LogP) is 5.94. The lowest BCUT2D eigenvalue weighted by atomic mass is 10.1. The molecule has 13 heteroatoms. The highest BCUT2D eigenvalue weighted by molar-refractivity contribution is 6.32. The molecular formula is C23H16ClF3N4O5. The fourth-order valence-corrected chi connectivity index (χ4v) is 3.42. The molecule has 0 aliphatic heterocycles. The molecule has 36 heavy (non-hydrogen) atoms. The molecule has 2 aromatic heterocycles. The summed E-state index contributed by atoms with van der Waals surface area (Å²) in [5.41, 5.74) is -0.218. The number of nitro benzene ring substituents is 1. The summed E-state index contributed by atoms with van der Waals surface area (Å²) in [5, 5.41) is 17.5. The molecule has 0 spiro atoms. The molecule has 0 atom stereocenters. The number of hydrogen-bond acceptors (Lipinski definition) is 6. The van der Waals surface area contributed by atoms with Crippen molar-refractivity contribution in [1.82, 2.24) is 9.78 Å². The number of aromatic nitrogens is 2. The maximum Gasteiger partial charge on any atom is 0.416 e. The maximum atomic E-state index is 12.9. The predicted molar refractivity (Wildman–Crippen MR) is 122 cm³/mol. The van der Waals surface area contributed by atoms with Gasteiger partial charge in [-0.1, -0.05) is 23.7 Å². The number of carbonyl (C=O) groups is 1. The van der Waals surface area contributed by atoms with Crippen LogP contribution in [0.15, 0.2) is 71.4 Å². The summed E-state index contributed by atoms with van der Waals surface area (Å²) in [7, 11) is 0. The van der Waals surface area contributed by atoms with Gasteiger partial charge >= 0.3 is 6.18 Å². The van der Waals surface area contributed by atoms with Crippen molar-refractivity contribution < 1.29 is 32.0 Å². The number of ether oxygens (including phenoxy) is 1. The first-order chi connectivity index (χ1) is 17.1. The number of alkyl halides is 3. The number of rotatable bonds is 8. The molecule has 0 unspecified atom stereocenters. The first-order valence-corrected chi connectivity index (χ1v) is 10.6. The van der Waals surface area contributed by atoms with Gasteiger partial charge in [-0.2, -0.15) is 18.3 Å². The van der Waals surface area contributed by atoms with Crippen LogP contribution < -0.4 is 10.1 Å². The smallest absolute Gasteiger partial charge is 0.416 e. The Labute approximate surface area is 206 Å². The zero-order valence-corrected chi connectivity index (χ0v) is 18.9. The second kappa shape index (κ2) is 10.1. The number of benzene rings is 2. The third-order valence-corrected chi connectivity index (χ3v) is 5.17. The fourth-order valence-electron chi connectivity index (χ4n) is 3.19. The summed E-state index contributed by atoms with van der Waals surface area (Å²) in [4.78, 5) is 22.7. The second-order valence-electron chi connectivity index (χ2n) is 7.51. The largest absolute Gasteiger partial charge is 0.484 e. The zero-order valence-electron chi connectivity index (χ0n) is 18.2. The molecule has 0 fully saturated rings. The van der Waals surface area contributed by atoms with Crippen LogP contribution in [0.25, 0.3) is 0 Å². The molecule has 0 saturated carbocycles. The standard InChI is InChI=1S/C23H16ClF3N4O5/c24-19-9-17(31(33)34)4-6-20(19)35-13-18-5-7-21(36-18)22(32)29-16-10-28-30(12-16)11-14-2-1-3-15(8-14)23(25,26)27/h1-10,12H,11,13H2,(H,29,32). The third-order valence-electron chi connectivity index (χ3n) is 4.87. The molecule has 1 amide bonds. The Kier molecular flexibility index (Phi) is 6.97. The van der Waals surface area contributed by atoms with E-state index >= 15 is 0 Å². The molecule has 4 rings (SSSR count). The van der Waals surface area contributed by atoms with Crippen LogP contribution in [0.1, 0.15) is 27.4 Å². The molecule has 0 saturated heterocycles. The van der Waals surface area contributed by atoms with E-state index in [0.717, 1.165) is 18.2 Å². The van der Waals surface area contributed by atoms with Crippen LogP contribution in [0, 0.1) is 10.1 Å². The van der Waals surface area contributed by atoms with Gasteiger partial charge in [0.1, 0.15) is 18.1 Å². The number of nitrogens with one attached hydrogen (secondary N) is 1. The molecular weight excluding hydrogens is 505 g/mol. The second-order valence-corrected chi connectivity index (χ2v) is 7.91. The van der Waals surface area contributed by atoms with Crippen molar-refractivity contribution in [2.75, 3.05) is 5.32 Å². The van der Waals surface area contributed by atoms with Gasteiger partial charge in [0.2, 0.25) is 0 Å². The Morgan fingerprint density at radius 1 is 1.19 bits per heavy atom. The lowest BCUT2D eigenvalue weighted by molar-refractivity contribution is -0.384. The van der Waals surface area contributed by atoms with Gasteiger partial charge in [0, 0.05) is 18.3 Å². The summed E-state index contributed by atoms with van der Waals surface area (Å²) in [6.45, 7) is -0.00698. The number of non-ortho nitro benzene ring substituents is 1. The first-order valence-electron chi connectivity index (χ1n) is 10.2. The van der Waals surface area contributed by atoms with Crippen LogP contribution in [0.3, 0.4) is 0 Å². The lowest BCUT2D eigenvalue weighted by Gasteiger charge is -2.08. The van der Waals surface area contributed by atoms with Crippen LogP contribution in [-0.2, 0) is 19.3 Å². The van der Waals surface area contributed by atoms with Crippen molar-refractivity contribution in [2.24, 2.45) is 0 Å². The van der Waals surface area contributed by atoms with Gasteiger partial charge < -0.3 is 14.5 Å². The molecule has 0 radical (unpaired) electrons. The van der Waals surface area contributed by atoms with Gasteiger partial charge in [-0.15, -0.1) is 0 Å². The first kappa shape index (κ1) is 24.8. The molecule has 0 bridgehead atoms. The fraction of sp³-hybridized carbons (Fsp3) is 0.130. The van der Waals surface area contributed by atoms with Crippen molar-refractivity contribution in [3.63, 3.8) is 0 Å². The summed E-state index contributed by atoms with van der Waals surface area (Å²) in [6, 6.07) is 11.6. The quantitative estimate of drug-likeness (QED) is 0.227. The van der Waals surface area contributed by atoms with Crippen molar-refractivity contribution in [3.8, 4) is 5.75 Å². The zero-order chi connectivity index (χ0) is 25.9. The Morgan fingerprint density at radius 3 is 2.72 bits per heavy atom. The molecule has 0 aliphatic carbocycles. The van der Waals surface area contributed by atoms with Crippen molar-refractivity contribution in [2.45, 2.75) is 19.3 Å². The summed E-state index contributed by atoms with van der Waals surface area (Å²) in [5.74, 6) is -0.0880. The number of anilines is 1. The van der Waals surface area contributed by atoms with Crippen molar-refractivity contribution in [1.29, 1.82) is 0 Å². The Hall–Kier alpha value is -4.32. The van der Waals surface area contributed by atoms with Crippen LogP contribution in [0.2, 0.25) is 5.02 Å². The van der Waals surface area contributed by atoms with Crippen LogP contribution in [-0.4, -0.2) is 20.6 Å². The highest BCUT2D eigenvalue weighted by Gasteiger charge is 2.30. The molecule has 0 aliphatic rings. The number of halogens is 4. The number of amides is 1. The highest BCUT2D eigenvalue weighted by Crippen LogP contribution is 2.30. The van der Waals surface area contributed by atoms with Crippen molar-refractivity contribution in [3.05, 3.63) is 105 Å². The monoisotopic (exact) mass is 520 g/mol. The molecule has 186 valence electrons. The summed E-state index contributed by atoms with van der Waals surface area (Å²) < 4.78 is 51.0. The van der Waals surface area contributed by atoms with E-state index in [-0.39, 0.29) is 35.4 Å². The van der Waals surface area contributed by atoms with Crippen LogP contribution in [0.5, 0.6) is 5.75 Å². The van der Waals surface area contributed by atoms with Gasteiger partial charge in [-0.05, 0) is 35.9 Å². The Balaban J connectivity index is 1.34. The van der Waals surface area contributed by atoms with E-state index in [1.807, 2.05) is 0 Å². The van der Waals surface area contributed by atoms with E-state index in [1.54, 1.807) is 6.07 Å². The number of hydrogen-bond donors (Lipinski definition) is 1. The topological polar surface area (TPSA) is 112 Å². The van der Waals surface area contributed by atoms with E-state index < -0.39 is 22.6 Å². The molecule has 9 nitrogen and oxygen atoms in total. The molecule has 1 N–H and O–H groups in total. The minimum Gasteiger partial charge on any atom is -0.484 e. The number of nitro groups is 1. The molecule has 2 aromatic carbocycles. The Bertz CT molecular complexity index is 1420. The molecule has 2 heterocycles. The molecule has 4 aromatic rings. The number of carbonyl (C=O) groups excluding carboxylic acids is 1. The van der Waals surface area contributed by atoms with Gasteiger partial charge in [0.25, 0.3) is 11.6 Å². The normalized spacial score (nSPS) is 11.3. The van der Waals surface area contributed by atoms with Gasteiger partial charge in [-0.3, -0.25) is 19.6 Å². The van der Waals surface area contributed by atoms with E-state index in [9.17, 15) is 28.1 Å². The van der Waals surface area contributed by atoms with E-state index in [0.29, 0.717) is 17.0 Å². The minimum absolute atomic E-state index is 0.0194. The van der Waals surface area contributed by atoms with E-state index in [4.69, 9.17) is 20.8 Å². The Morgan fingerprint density at radius 2 is 2.00 bits per heavy atom. The van der Waals surface area contributed by atoms with Gasteiger partial charge in [0.05, 0.1) is 33.9 Å². The van der Waals surface area contributed by atoms with E-state index in [1.165, 1.54) is 47.4 Å². The lowest BCUT2D eigenvalue weighted by Crippen LogP contribution is -2.10. The number of furan rings is 1.